The van der Waals surface area contributed by atoms with Crippen LogP contribution in [0.4, 0.5) is 0 Å². The number of ether oxygens (including phenoxy) is 2. The number of carbonyl (C=O) groups is 2. The molecule has 0 bridgehead atoms. The molecule has 1 aliphatic rings. The Morgan fingerprint density at radius 1 is 1.00 bits per heavy atom. The SMILES string of the molecule is CCOC(=O)c1ccc(S(=O)(=O)N2CCC(C(=O)OCc3ccc(SC)cc3)CC2)cc1. The second-order valence-electron chi connectivity index (χ2n) is 7.38. The molecule has 1 saturated heterocycles. The molecular weight excluding hydrogens is 450 g/mol. The maximum Gasteiger partial charge on any atom is 0.338 e. The minimum atomic E-state index is -3.70. The van der Waals surface area contributed by atoms with E-state index in [1.807, 2.05) is 30.5 Å². The maximum absolute atomic E-state index is 12.9. The zero-order valence-corrected chi connectivity index (χ0v) is 19.8. The highest BCUT2D eigenvalue weighted by atomic mass is 32.2. The minimum absolute atomic E-state index is 0.111. The quantitative estimate of drug-likeness (QED) is 0.423. The molecule has 1 aliphatic heterocycles. The van der Waals surface area contributed by atoms with Crippen molar-refractivity contribution in [3.63, 3.8) is 0 Å². The number of nitrogens with zero attached hydrogens (tertiary/aromatic N) is 1. The van der Waals surface area contributed by atoms with E-state index in [2.05, 4.69) is 0 Å². The van der Waals surface area contributed by atoms with Crippen LogP contribution in [0.1, 0.15) is 35.7 Å². The molecule has 7 nitrogen and oxygen atoms in total. The van der Waals surface area contributed by atoms with E-state index in [1.165, 1.54) is 28.6 Å². The third-order valence-electron chi connectivity index (χ3n) is 5.33. The average molecular weight is 478 g/mol. The lowest BCUT2D eigenvalue weighted by molar-refractivity contribution is -0.151. The summed E-state index contributed by atoms with van der Waals surface area (Å²) in [7, 11) is -3.70. The van der Waals surface area contributed by atoms with Gasteiger partial charge in [0.25, 0.3) is 0 Å². The van der Waals surface area contributed by atoms with Crippen molar-refractivity contribution in [3.8, 4) is 0 Å². The van der Waals surface area contributed by atoms with E-state index < -0.39 is 16.0 Å². The molecule has 0 radical (unpaired) electrons. The first-order chi connectivity index (χ1) is 15.3. The lowest BCUT2D eigenvalue weighted by Crippen LogP contribution is -2.40. The van der Waals surface area contributed by atoms with Crippen molar-refractivity contribution >= 4 is 33.7 Å². The Bertz CT molecular complexity index is 1030. The summed E-state index contributed by atoms with van der Waals surface area (Å²) in [6.45, 7) is 2.65. The molecule has 0 N–H and O–H groups in total. The Morgan fingerprint density at radius 3 is 2.19 bits per heavy atom. The third-order valence-corrected chi connectivity index (χ3v) is 7.99. The fraction of sp³-hybridized carbons (Fsp3) is 0.391. The standard InChI is InChI=1S/C23H27NO6S2/c1-3-29-22(25)18-6-10-21(11-7-18)32(27,28)24-14-12-19(13-15-24)23(26)30-16-17-4-8-20(31-2)9-5-17/h4-11,19H,3,12-16H2,1-2H3. The van der Waals surface area contributed by atoms with Crippen molar-refractivity contribution in [3.05, 3.63) is 59.7 Å². The molecule has 2 aromatic rings. The third kappa shape index (κ3) is 5.90. The summed E-state index contributed by atoms with van der Waals surface area (Å²) in [5.41, 5.74) is 1.22. The predicted octanol–water partition coefficient (Wildman–Crippen LogP) is 3.73. The molecule has 0 aliphatic carbocycles. The Morgan fingerprint density at radius 2 is 1.62 bits per heavy atom. The Kier molecular flexibility index (Phi) is 8.33. The van der Waals surface area contributed by atoms with Gasteiger partial charge in [-0.3, -0.25) is 4.79 Å². The number of esters is 2. The fourth-order valence-electron chi connectivity index (χ4n) is 3.45. The molecule has 2 aromatic carbocycles. The van der Waals surface area contributed by atoms with Gasteiger partial charge in [0.05, 0.1) is 23.0 Å². The number of hydrogen-bond acceptors (Lipinski definition) is 7. The molecule has 32 heavy (non-hydrogen) atoms. The number of sulfonamides is 1. The van der Waals surface area contributed by atoms with Crippen LogP contribution in [-0.2, 0) is 30.9 Å². The van der Waals surface area contributed by atoms with Gasteiger partial charge in [0.2, 0.25) is 10.0 Å². The van der Waals surface area contributed by atoms with E-state index in [1.54, 1.807) is 18.7 Å². The van der Waals surface area contributed by atoms with Gasteiger partial charge in [0.1, 0.15) is 6.61 Å². The van der Waals surface area contributed by atoms with Gasteiger partial charge in [-0.15, -0.1) is 11.8 Å². The monoisotopic (exact) mass is 477 g/mol. The lowest BCUT2D eigenvalue weighted by Gasteiger charge is -2.30. The van der Waals surface area contributed by atoms with E-state index in [9.17, 15) is 18.0 Å². The molecule has 0 unspecified atom stereocenters. The molecule has 1 heterocycles. The highest BCUT2D eigenvalue weighted by Crippen LogP contribution is 2.25. The first kappa shape index (κ1) is 24.3. The first-order valence-electron chi connectivity index (χ1n) is 10.4. The van der Waals surface area contributed by atoms with E-state index in [0.29, 0.717) is 18.4 Å². The van der Waals surface area contributed by atoms with Gasteiger partial charge in [-0.1, -0.05) is 12.1 Å². The van der Waals surface area contributed by atoms with Gasteiger partial charge in [-0.05, 0) is 68.0 Å². The molecule has 0 spiro atoms. The average Bonchev–Trinajstić information content (AvgIpc) is 2.83. The van der Waals surface area contributed by atoms with E-state index in [4.69, 9.17) is 9.47 Å². The van der Waals surface area contributed by atoms with Gasteiger partial charge in [-0.25, -0.2) is 13.2 Å². The normalized spacial score (nSPS) is 15.3. The molecule has 0 saturated carbocycles. The molecule has 0 amide bonds. The van der Waals surface area contributed by atoms with Crippen LogP contribution in [0.15, 0.2) is 58.3 Å². The van der Waals surface area contributed by atoms with Crippen molar-refractivity contribution in [2.45, 2.75) is 36.2 Å². The molecule has 1 fully saturated rings. The number of piperidine rings is 1. The number of carbonyl (C=O) groups excluding carboxylic acids is 2. The number of thioether (sulfide) groups is 1. The summed E-state index contributed by atoms with van der Waals surface area (Å²) in [4.78, 5) is 25.4. The van der Waals surface area contributed by atoms with Crippen molar-refractivity contribution in [1.82, 2.24) is 4.31 Å². The maximum atomic E-state index is 12.9. The molecule has 172 valence electrons. The Balaban J connectivity index is 1.53. The zero-order chi connectivity index (χ0) is 23.1. The summed E-state index contributed by atoms with van der Waals surface area (Å²) in [5, 5.41) is 0. The first-order valence-corrected chi connectivity index (χ1v) is 13.1. The molecule has 0 aromatic heterocycles. The van der Waals surface area contributed by atoms with Crippen molar-refractivity contribution in [1.29, 1.82) is 0 Å². The number of hydrogen-bond donors (Lipinski definition) is 0. The topological polar surface area (TPSA) is 90.0 Å². The van der Waals surface area contributed by atoms with Gasteiger partial charge in [-0.2, -0.15) is 4.31 Å². The molecule has 3 rings (SSSR count). The highest BCUT2D eigenvalue weighted by Gasteiger charge is 2.33. The lowest BCUT2D eigenvalue weighted by atomic mass is 9.98. The van der Waals surface area contributed by atoms with Gasteiger partial charge < -0.3 is 9.47 Å². The summed E-state index contributed by atoms with van der Waals surface area (Å²) >= 11 is 1.65. The summed E-state index contributed by atoms with van der Waals surface area (Å²) in [6, 6.07) is 13.5. The fourth-order valence-corrected chi connectivity index (χ4v) is 5.33. The van der Waals surface area contributed by atoms with Gasteiger partial charge >= 0.3 is 11.9 Å². The van der Waals surface area contributed by atoms with Crippen molar-refractivity contribution < 1.29 is 27.5 Å². The van der Waals surface area contributed by atoms with Crippen LogP contribution >= 0.6 is 11.8 Å². The van der Waals surface area contributed by atoms with E-state index in [0.717, 1.165) is 10.5 Å². The van der Waals surface area contributed by atoms with Crippen LogP contribution in [0.5, 0.6) is 0 Å². The highest BCUT2D eigenvalue weighted by molar-refractivity contribution is 7.98. The second kappa shape index (κ2) is 11.0. The van der Waals surface area contributed by atoms with Crippen molar-refractivity contribution in [2.24, 2.45) is 5.92 Å². The number of rotatable bonds is 8. The minimum Gasteiger partial charge on any atom is -0.462 e. The van der Waals surface area contributed by atoms with Crippen LogP contribution in [0.3, 0.4) is 0 Å². The Hall–Kier alpha value is -2.36. The summed E-state index contributed by atoms with van der Waals surface area (Å²) < 4.78 is 37.6. The van der Waals surface area contributed by atoms with Crippen LogP contribution in [0.2, 0.25) is 0 Å². The van der Waals surface area contributed by atoms with Crippen LogP contribution in [0, 0.1) is 5.92 Å². The van der Waals surface area contributed by atoms with Gasteiger partial charge in [0, 0.05) is 18.0 Å². The molecule has 9 heteroatoms. The Labute approximate surface area is 193 Å². The molecular formula is C23H27NO6S2. The van der Waals surface area contributed by atoms with Crippen LogP contribution in [-0.4, -0.2) is 50.6 Å². The zero-order valence-electron chi connectivity index (χ0n) is 18.2. The van der Waals surface area contributed by atoms with E-state index in [-0.39, 0.29) is 43.1 Å². The van der Waals surface area contributed by atoms with Crippen LogP contribution in [0.25, 0.3) is 0 Å². The predicted molar refractivity (Wildman–Crippen MR) is 122 cm³/mol. The van der Waals surface area contributed by atoms with Crippen molar-refractivity contribution in [2.75, 3.05) is 26.0 Å². The van der Waals surface area contributed by atoms with Gasteiger partial charge in [0.15, 0.2) is 0 Å². The smallest absolute Gasteiger partial charge is 0.338 e. The summed E-state index contributed by atoms with van der Waals surface area (Å²) in [5.74, 6) is -1.11. The largest absolute Gasteiger partial charge is 0.462 e. The van der Waals surface area contributed by atoms with Crippen LogP contribution < -0.4 is 0 Å². The number of benzene rings is 2. The molecule has 0 atom stereocenters. The second-order valence-corrected chi connectivity index (χ2v) is 10.2. The van der Waals surface area contributed by atoms with E-state index >= 15 is 0 Å². The summed E-state index contributed by atoms with van der Waals surface area (Å²) in [6.07, 6.45) is 2.81.